The molecule has 1 fully saturated rings. The molecule has 2 aromatic heterocycles. The van der Waals surface area contributed by atoms with E-state index in [-0.39, 0.29) is 23.8 Å². The number of aromatic amines is 1. The van der Waals surface area contributed by atoms with Gasteiger partial charge in [0.05, 0.1) is 11.6 Å². The smallest absolute Gasteiger partial charge is 0.395 e. The Morgan fingerprint density at radius 1 is 1.08 bits per heavy atom. The van der Waals surface area contributed by atoms with Crippen LogP contribution < -0.4 is 26.0 Å². The Hall–Kier alpha value is -3.70. The molecular formula is C24H16ClF2N3O5S. The van der Waals surface area contributed by atoms with Crippen LogP contribution in [0.2, 0.25) is 5.02 Å². The number of amides is 1. The molecule has 0 bridgehead atoms. The van der Waals surface area contributed by atoms with Gasteiger partial charge in [-0.3, -0.25) is 14.2 Å². The van der Waals surface area contributed by atoms with Gasteiger partial charge in [0, 0.05) is 28.4 Å². The lowest BCUT2D eigenvalue weighted by Crippen LogP contribution is -2.43. The lowest BCUT2D eigenvalue weighted by atomic mass is 9.98. The third kappa shape index (κ3) is 3.75. The second-order valence-electron chi connectivity index (χ2n) is 8.45. The number of fused-ring (bicyclic) bond motifs is 2. The molecule has 184 valence electrons. The Kier molecular flexibility index (Phi) is 5.16. The van der Waals surface area contributed by atoms with Crippen molar-refractivity contribution in [2.24, 2.45) is 0 Å². The van der Waals surface area contributed by atoms with Gasteiger partial charge in [0.25, 0.3) is 5.56 Å². The van der Waals surface area contributed by atoms with Crippen LogP contribution in [0.4, 0.5) is 8.78 Å². The quantitative estimate of drug-likeness (QED) is 0.405. The van der Waals surface area contributed by atoms with Gasteiger partial charge in [0.1, 0.15) is 4.70 Å². The van der Waals surface area contributed by atoms with E-state index in [4.69, 9.17) is 11.6 Å². The zero-order chi connectivity index (χ0) is 25.2. The monoisotopic (exact) mass is 531 g/mol. The van der Waals surface area contributed by atoms with Crippen molar-refractivity contribution in [1.29, 1.82) is 0 Å². The minimum atomic E-state index is -3.74. The van der Waals surface area contributed by atoms with Crippen LogP contribution >= 0.6 is 22.9 Å². The third-order valence-electron chi connectivity index (χ3n) is 6.16. The highest BCUT2D eigenvalue weighted by Gasteiger charge is 2.43. The maximum absolute atomic E-state index is 13.5. The molecule has 1 atom stereocenters. The van der Waals surface area contributed by atoms with Crippen molar-refractivity contribution in [3.8, 4) is 33.1 Å². The molecule has 0 radical (unpaired) electrons. The van der Waals surface area contributed by atoms with E-state index in [1.54, 1.807) is 30.3 Å². The lowest BCUT2D eigenvalue weighted by Gasteiger charge is -2.23. The zero-order valence-electron chi connectivity index (χ0n) is 18.3. The molecule has 2 aliphatic rings. The first-order valence-electron chi connectivity index (χ1n) is 10.9. The van der Waals surface area contributed by atoms with Gasteiger partial charge in [0.15, 0.2) is 11.5 Å². The summed E-state index contributed by atoms with van der Waals surface area (Å²) in [6.07, 6.45) is -3.23. The number of nitrogens with zero attached hydrogens (tertiary/aromatic N) is 1. The van der Waals surface area contributed by atoms with Gasteiger partial charge in [-0.25, -0.2) is 4.79 Å². The number of hydrogen-bond acceptors (Lipinski definition) is 6. The molecule has 36 heavy (non-hydrogen) atoms. The van der Waals surface area contributed by atoms with Gasteiger partial charge in [-0.2, -0.15) is 0 Å². The predicted molar refractivity (Wildman–Crippen MR) is 130 cm³/mol. The number of H-pyrrole nitrogens is 1. The van der Waals surface area contributed by atoms with E-state index in [0.29, 0.717) is 49.8 Å². The molecule has 1 amide bonds. The van der Waals surface area contributed by atoms with Gasteiger partial charge in [-0.1, -0.05) is 29.8 Å². The summed E-state index contributed by atoms with van der Waals surface area (Å²) in [7, 11) is 0. The maximum Gasteiger partial charge on any atom is 0.586 e. The Balaban J connectivity index is 1.48. The van der Waals surface area contributed by atoms with Gasteiger partial charge in [-0.15, -0.1) is 20.1 Å². The molecule has 12 heteroatoms. The fraction of sp³-hybridized carbons (Fsp3) is 0.208. The summed E-state index contributed by atoms with van der Waals surface area (Å²) in [4.78, 5) is 41.3. The topological polar surface area (TPSA) is 102 Å². The Morgan fingerprint density at radius 3 is 2.69 bits per heavy atom. The highest BCUT2D eigenvalue weighted by molar-refractivity contribution is 7.22. The van der Waals surface area contributed by atoms with E-state index in [2.05, 4.69) is 19.8 Å². The number of ether oxygens (including phenoxy) is 2. The molecule has 1 saturated heterocycles. The molecule has 2 N–H and O–H groups in total. The minimum Gasteiger partial charge on any atom is -0.395 e. The third-order valence-corrected chi connectivity index (χ3v) is 7.62. The van der Waals surface area contributed by atoms with Crippen LogP contribution in [0.25, 0.3) is 31.8 Å². The van der Waals surface area contributed by atoms with Crippen LogP contribution in [0, 0.1) is 0 Å². The number of aromatic nitrogens is 2. The molecular weight excluding hydrogens is 516 g/mol. The molecule has 4 aromatic rings. The summed E-state index contributed by atoms with van der Waals surface area (Å²) in [5.41, 5.74) is 0.996. The second kappa shape index (κ2) is 8.17. The number of carbonyl (C=O) groups is 1. The number of rotatable bonds is 3. The van der Waals surface area contributed by atoms with E-state index in [1.165, 1.54) is 12.1 Å². The van der Waals surface area contributed by atoms with Crippen molar-refractivity contribution in [3.05, 3.63) is 68.3 Å². The number of alkyl halides is 2. The minimum absolute atomic E-state index is 0.0462. The fourth-order valence-corrected chi connectivity index (χ4v) is 6.05. The fourth-order valence-electron chi connectivity index (χ4n) is 4.59. The summed E-state index contributed by atoms with van der Waals surface area (Å²) in [6.45, 7) is 0.382. The van der Waals surface area contributed by atoms with Gasteiger partial charge < -0.3 is 19.8 Å². The Morgan fingerprint density at radius 2 is 1.89 bits per heavy atom. The van der Waals surface area contributed by atoms with E-state index >= 15 is 0 Å². The summed E-state index contributed by atoms with van der Waals surface area (Å²) < 4.78 is 37.5. The zero-order valence-corrected chi connectivity index (χ0v) is 19.8. The number of thiophene rings is 1. The number of piperidine rings is 1. The molecule has 4 heterocycles. The van der Waals surface area contributed by atoms with Crippen LogP contribution in [-0.2, 0) is 4.79 Å². The van der Waals surface area contributed by atoms with E-state index in [0.717, 1.165) is 15.9 Å². The van der Waals surface area contributed by atoms with Crippen molar-refractivity contribution >= 4 is 39.1 Å². The standard InChI is InChI=1S/C24H16ClF2N3O5S/c25-14-3-1-2-13(11-4-5-16-17(8-11)35-24(26,27)34-16)20(14)18-10-15-21(36-18)22(32)30(23(33)29-15)12-6-7-28-19(31)9-12/h1-5,8,10,12H,6-7,9H2,(H,28,31)(H,29,33). The molecule has 2 aliphatic heterocycles. The van der Waals surface area contributed by atoms with Crippen LogP contribution in [0.5, 0.6) is 11.5 Å². The highest BCUT2D eigenvalue weighted by atomic mass is 35.5. The van der Waals surface area contributed by atoms with Gasteiger partial charge in [0.2, 0.25) is 5.91 Å². The second-order valence-corrected chi connectivity index (χ2v) is 9.91. The first-order chi connectivity index (χ1) is 17.2. The first kappa shape index (κ1) is 22.7. The lowest BCUT2D eigenvalue weighted by molar-refractivity contribution is -0.286. The number of halogens is 3. The van der Waals surface area contributed by atoms with E-state index in [9.17, 15) is 23.2 Å². The number of carbonyl (C=O) groups excluding carboxylic acids is 1. The molecule has 0 spiro atoms. The van der Waals surface area contributed by atoms with Gasteiger partial charge >= 0.3 is 12.0 Å². The molecule has 8 nitrogen and oxygen atoms in total. The van der Waals surface area contributed by atoms with Crippen molar-refractivity contribution < 1.29 is 23.0 Å². The first-order valence-corrected chi connectivity index (χ1v) is 12.1. The number of nitrogens with one attached hydrogen (secondary N) is 2. The van der Waals surface area contributed by atoms with Crippen LogP contribution in [0.15, 0.2) is 52.1 Å². The van der Waals surface area contributed by atoms with Gasteiger partial charge in [-0.05, 0) is 41.8 Å². The summed E-state index contributed by atoms with van der Waals surface area (Å²) in [5.74, 6) is -0.404. The van der Waals surface area contributed by atoms with Crippen molar-refractivity contribution in [1.82, 2.24) is 14.9 Å². The molecule has 0 aliphatic carbocycles. The normalized spacial score (nSPS) is 18.4. The SMILES string of the molecule is O=C1CC(n2c(=O)[nH]c3cc(-c4c(Cl)cccc4-c4ccc5c(c4)OC(F)(F)O5)sc3c2=O)CCN1. The van der Waals surface area contributed by atoms with Crippen molar-refractivity contribution in [2.75, 3.05) is 6.54 Å². The molecule has 0 saturated carbocycles. The predicted octanol–water partition coefficient (Wildman–Crippen LogP) is 4.51. The Labute approximate surface area is 210 Å². The highest BCUT2D eigenvalue weighted by Crippen LogP contribution is 2.46. The van der Waals surface area contributed by atoms with E-state index in [1.807, 2.05) is 0 Å². The average molecular weight is 532 g/mol. The van der Waals surface area contributed by atoms with Crippen molar-refractivity contribution in [2.45, 2.75) is 25.2 Å². The number of benzene rings is 2. The summed E-state index contributed by atoms with van der Waals surface area (Å²) in [5, 5.41) is 3.06. The molecule has 1 unspecified atom stereocenters. The summed E-state index contributed by atoms with van der Waals surface area (Å²) >= 11 is 7.72. The largest absolute Gasteiger partial charge is 0.586 e. The average Bonchev–Trinajstić information content (AvgIpc) is 3.37. The molecule has 6 rings (SSSR count). The summed E-state index contributed by atoms with van der Waals surface area (Å²) in [6, 6.07) is 10.7. The Bertz CT molecular complexity index is 1680. The number of hydrogen-bond donors (Lipinski definition) is 2. The van der Waals surface area contributed by atoms with Crippen LogP contribution in [-0.4, -0.2) is 28.3 Å². The molecule has 2 aromatic carbocycles. The van der Waals surface area contributed by atoms with E-state index < -0.39 is 23.6 Å². The maximum atomic E-state index is 13.5. The van der Waals surface area contributed by atoms with Crippen LogP contribution in [0.3, 0.4) is 0 Å². The van der Waals surface area contributed by atoms with Crippen LogP contribution in [0.1, 0.15) is 18.9 Å². The van der Waals surface area contributed by atoms with Crippen molar-refractivity contribution in [3.63, 3.8) is 0 Å².